The van der Waals surface area contributed by atoms with Gasteiger partial charge in [0.1, 0.15) is 18.1 Å². The fourth-order valence-corrected chi connectivity index (χ4v) is 5.28. The van der Waals surface area contributed by atoms with Gasteiger partial charge >= 0.3 is 5.97 Å². The van der Waals surface area contributed by atoms with Gasteiger partial charge in [-0.3, -0.25) is 19.4 Å². The van der Waals surface area contributed by atoms with Gasteiger partial charge in [-0.2, -0.15) is 0 Å². The fourth-order valence-electron chi connectivity index (χ4n) is 5.28. The highest BCUT2D eigenvalue weighted by atomic mass is 19.1. The normalized spacial score (nSPS) is 19.2. The fraction of sp³-hybridized carbons (Fsp3) is 0.333. The van der Waals surface area contributed by atoms with E-state index in [0.29, 0.717) is 18.7 Å². The van der Waals surface area contributed by atoms with Gasteiger partial charge in [-0.1, -0.05) is 36.4 Å². The monoisotopic (exact) mass is 519 g/mol. The zero-order valence-electron chi connectivity index (χ0n) is 21.9. The summed E-state index contributed by atoms with van der Waals surface area (Å²) in [5, 5.41) is 19.4. The van der Waals surface area contributed by atoms with E-state index in [4.69, 9.17) is 5.11 Å². The lowest BCUT2D eigenvalue weighted by Gasteiger charge is -2.47. The molecule has 1 saturated heterocycles. The largest absolute Gasteiger partial charge is 0.508 e. The molecule has 1 amide bonds. The second-order valence-electron chi connectivity index (χ2n) is 10.1. The predicted molar refractivity (Wildman–Crippen MR) is 143 cm³/mol. The minimum absolute atomic E-state index is 0.112. The molecule has 0 bridgehead atoms. The third-order valence-corrected chi connectivity index (χ3v) is 7.12. The number of nitrogens with zero attached hydrogens (tertiary/aromatic N) is 3. The van der Waals surface area contributed by atoms with Crippen molar-refractivity contribution in [3.63, 3.8) is 0 Å². The molecule has 4 rings (SSSR count). The van der Waals surface area contributed by atoms with Crippen LogP contribution in [0.15, 0.2) is 72.8 Å². The smallest absolute Gasteiger partial charge is 0.323 e. The number of likely N-dealkylation sites (N-methyl/N-ethyl adjacent to an activating group) is 1. The number of carbonyl (C=O) groups is 2. The number of hydrogen-bond donors (Lipinski definition) is 2. The molecule has 0 aromatic heterocycles. The van der Waals surface area contributed by atoms with E-state index in [1.807, 2.05) is 30.3 Å². The molecular weight excluding hydrogens is 485 g/mol. The molecule has 0 aliphatic carbocycles. The van der Waals surface area contributed by atoms with Crippen LogP contribution in [0.3, 0.4) is 0 Å². The van der Waals surface area contributed by atoms with Crippen molar-refractivity contribution in [2.45, 2.75) is 38.5 Å². The van der Waals surface area contributed by atoms with Crippen LogP contribution in [0.1, 0.15) is 46.9 Å². The Labute approximate surface area is 222 Å². The molecule has 1 aliphatic rings. The average Bonchev–Trinajstić information content (AvgIpc) is 2.86. The predicted octanol–water partition coefficient (Wildman–Crippen LogP) is 4.37. The van der Waals surface area contributed by atoms with Gasteiger partial charge in [0.25, 0.3) is 5.91 Å². The van der Waals surface area contributed by atoms with Crippen LogP contribution in [0.4, 0.5) is 4.39 Å². The number of halogens is 1. The summed E-state index contributed by atoms with van der Waals surface area (Å²) in [4.78, 5) is 30.0. The standard InChI is InChI=1S/C30H34FN3O4/c1-20-17-34(21(2)16-33(20)18-22-7-4-11-26(31)13-22)29(24-9-6-12-27(35)15-24)23-8-5-10-25(14-23)30(38)32(3)19-28(36)37/h4-15,20-21,29,35H,16-19H2,1-3H3,(H,36,37)/t20-,21+,29-/m1/s1. The number of phenolic OH excluding ortho intramolecular Hbond substituents is 1. The van der Waals surface area contributed by atoms with Crippen molar-refractivity contribution in [3.8, 4) is 5.75 Å². The van der Waals surface area contributed by atoms with Crippen LogP contribution in [0, 0.1) is 5.82 Å². The SMILES string of the molecule is C[C@@H]1CN([C@@H](c2cccc(O)c2)c2cccc(C(=O)N(C)CC(=O)O)c2)[C@@H](C)CN1Cc1cccc(F)c1. The van der Waals surface area contributed by atoms with Gasteiger partial charge in [-0.05, 0) is 66.9 Å². The highest BCUT2D eigenvalue weighted by Crippen LogP contribution is 2.35. The molecule has 8 heteroatoms. The van der Waals surface area contributed by atoms with Crippen LogP contribution in [-0.2, 0) is 11.3 Å². The number of piperazine rings is 1. The summed E-state index contributed by atoms with van der Waals surface area (Å²) >= 11 is 0. The number of aliphatic carboxylic acids is 1. The number of phenols is 1. The number of carbonyl (C=O) groups excluding carboxylic acids is 1. The third kappa shape index (κ3) is 6.38. The van der Waals surface area contributed by atoms with Crippen molar-refractivity contribution >= 4 is 11.9 Å². The van der Waals surface area contributed by atoms with E-state index in [1.54, 1.807) is 36.4 Å². The summed E-state index contributed by atoms with van der Waals surface area (Å²) in [7, 11) is 1.47. The highest BCUT2D eigenvalue weighted by Gasteiger charge is 2.35. The van der Waals surface area contributed by atoms with Gasteiger partial charge in [0.05, 0.1) is 6.04 Å². The molecule has 2 N–H and O–H groups in total. The number of hydrogen-bond acceptors (Lipinski definition) is 5. The zero-order chi connectivity index (χ0) is 27.4. The second-order valence-corrected chi connectivity index (χ2v) is 10.1. The Balaban J connectivity index is 1.65. The second kappa shape index (κ2) is 11.8. The van der Waals surface area contributed by atoms with Crippen molar-refractivity contribution in [1.29, 1.82) is 0 Å². The van der Waals surface area contributed by atoms with E-state index in [-0.39, 0.29) is 42.1 Å². The van der Waals surface area contributed by atoms with Crippen LogP contribution in [0.5, 0.6) is 5.75 Å². The van der Waals surface area contributed by atoms with Gasteiger partial charge in [0, 0.05) is 44.3 Å². The number of rotatable bonds is 8. The highest BCUT2D eigenvalue weighted by molar-refractivity contribution is 5.95. The summed E-state index contributed by atoms with van der Waals surface area (Å²) in [5.41, 5.74) is 3.11. The third-order valence-electron chi connectivity index (χ3n) is 7.12. The van der Waals surface area contributed by atoms with Crippen LogP contribution in [-0.4, -0.2) is 75.6 Å². The van der Waals surface area contributed by atoms with Gasteiger partial charge in [-0.15, -0.1) is 0 Å². The molecule has 0 radical (unpaired) electrons. The van der Waals surface area contributed by atoms with Crippen LogP contribution >= 0.6 is 0 Å². The van der Waals surface area contributed by atoms with Crippen LogP contribution in [0.25, 0.3) is 0 Å². The van der Waals surface area contributed by atoms with E-state index >= 15 is 0 Å². The number of carboxylic acid groups (broad SMARTS) is 1. The van der Waals surface area contributed by atoms with E-state index < -0.39 is 5.97 Å². The first kappa shape index (κ1) is 27.3. The van der Waals surface area contributed by atoms with Crippen LogP contribution < -0.4 is 0 Å². The average molecular weight is 520 g/mol. The molecule has 0 saturated carbocycles. The van der Waals surface area contributed by atoms with Crippen molar-refractivity contribution < 1.29 is 24.2 Å². The Morgan fingerprint density at radius 3 is 2.34 bits per heavy atom. The molecule has 1 heterocycles. The summed E-state index contributed by atoms with van der Waals surface area (Å²) in [6.07, 6.45) is 0. The maximum absolute atomic E-state index is 13.8. The first-order chi connectivity index (χ1) is 18.1. The quantitative estimate of drug-likeness (QED) is 0.460. The van der Waals surface area contributed by atoms with E-state index in [2.05, 4.69) is 23.6 Å². The Hall–Kier alpha value is -3.75. The minimum atomic E-state index is -1.08. The minimum Gasteiger partial charge on any atom is -0.508 e. The zero-order valence-corrected chi connectivity index (χ0v) is 21.9. The molecule has 3 aromatic carbocycles. The van der Waals surface area contributed by atoms with Gasteiger partial charge < -0.3 is 15.1 Å². The van der Waals surface area contributed by atoms with Gasteiger partial charge in [0.15, 0.2) is 0 Å². The maximum Gasteiger partial charge on any atom is 0.323 e. The van der Waals surface area contributed by atoms with Gasteiger partial charge in [0.2, 0.25) is 0 Å². The lowest BCUT2D eigenvalue weighted by Crippen LogP contribution is -2.56. The molecule has 7 nitrogen and oxygen atoms in total. The Bertz CT molecular complexity index is 1300. The first-order valence-corrected chi connectivity index (χ1v) is 12.7. The van der Waals surface area contributed by atoms with E-state index in [1.165, 1.54) is 18.0 Å². The van der Waals surface area contributed by atoms with E-state index in [9.17, 15) is 19.1 Å². The summed E-state index contributed by atoms with van der Waals surface area (Å²) < 4.78 is 13.8. The molecule has 3 aromatic rings. The van der Waals surface area contributed by atoms with E-state index in [0.717, 1.165) is 23.2 Å². The topological polar surface area (TPSA) is 84.3 Å². The van der Waals surface area contributed by atoms with Crippen molar-refractivity contribution in [2.75, 3.05) is 26.7 Å². The lowest BCUT2D eigenvalue weighted by molar-refractivity contribution is -0.137. The molecule has 3 atom stereocenters. The van der Waals surface area contributed by atoms with Crippen molar-refractivity contribution in [3.05, 3.63) is 101 Å². The molecule has 38 heavy (non-hydrogen) atoms. The number of benzene rings is 3. The van der Waals surface area contributed by atoms with Gasteiger partial charge in [-0.25, -0.2) is 4.39 Å². The number of amides is 1. The lowest BCUT2D eigenvalue weighted by atomic mass is 9.92. The Kier molecular flexibility index (Phi) is 8.44. The number of aromatic hydroxyl groups is 1. The molecule has 1 aliphatic heterocycles. The number of carboxylic acids is 1. The maximum atomic E-state index is 13.8. The first-order valence-electron chi connectivity index (χ1n) is 12.7. The summed E-state index contributed by atoms with van der Waals surface area (Å²) in [6.45, 7) is 6.03. The molecule has 200 valence electrons. The summed E-state index contributed by atoms with van der Waals surface area (Å²) in [5.74, 6) is -1.53. The van der Waals surface area contributed by atoms with Crippen LogP contribution in [0.2, 0.25) is 0 Å². The Morgan fingerprint density at radius 1 is 0.974 bits per heavy atom. The molecule has 1 fully saturated rings. The Morgan fingerprint density at radius 2 is 1.66 bits per heavy atom. The summed E-state index contributed by atoms with van der Waals surface area (Å²) in [6, 6.07) is 21.1. The van der Waals surface area contributed by atoms with Crippen molar-refractivity contribution in [1.82, 2.24) is 14.7 Å². The molecule has 0 spiro atoms. The molecular formula is C30H34FN3O4. The van der Waals surface area contributed by atoms with Crippen molar-refractivity contribution in [2.24, 2.45) is 0 Å². The molecule has 0 unspecified atom stereocenters.